The smallest absolute Gasteiger partial charge is 1.00 e. The Hall–Kier alpha value is -1.46. The van der Waals surface area contributed by atoms with E-state index in [4.69, 9.17) is 9.98 Å². The number of rotatable bonds is 7. The quantitative estimate of drug-likeness (QED) is 0.140. The van der Waals surface area contributed by atoms with E-state index in [-0.39, 0.29) is 109 Å². The van der Waals surface area contributed by atoms with E-state index in [1.54, 1.807) is 12.4 Å². The number of nitrogens with zero attached hydrogens (tertiary/aromatic N) is 4. The Morgan fingerprint density at radius 2 is 0.896 bits per heavy atom. The van der Waals surface area contributed by atoms with Gasteiger partial charge in [-0.05, 0) is 145 Å². The van der Waals surface area contributed by atoms with Crippen LogP contribution in [0.3, 0.4) is 0 Å². The Kier molecular flexibility index (Phi) is 22.7. The topological polar surface area (TPSA) is 50.5 Å². The Balaban J connectivity index is 0. The zero-order valence-corrected chi connectivity index (χ0v) is 37.2. The van der Waals surface area contributed by atoms with E-state index in [0.717, 1.165) is 45.0 Å². The van der Waals surface area contributed by atoms with Gasteiger partial charge in [0.15, 0.2) is 0 Å². The monoisotopic (exact) mass is 1080 g/mol. The first-order chi connectivity index (χ1) is 20.2. The second kappa shape index (κ2) is 22.4. The molecule has 0 aliphatic heterocycles. The Morgan fingerprint density at radius 3 is 1.19 bits per heavy atom. The third-order valence-corrected chi connectivity index (χ3v) is 7.73. The summed E-state index contributed by atoms with van der Waals surface area (Å²) in [7, 11) is 0. The van der Waals surface area contributed by atoms with Crippen LogP contribution in [0.2, 0.25) is 0 Å². The van der Waals surface area contributed by atoms with Crippen LogP contribution in [0.1, 0.15) is 64.5 Å². The van der Waals surface area contributed by atoms with Gasteiger partial charge >= 0.3 is 40.8 Å². The second-order valence-electron chi connectivity index (χ2n) is 11.3. The fourth-order valence-electron chi connectivity index (χ4n) is 5.47. The van der Waals surface area contributed by atoms with Gasteiger partial charge in [-0.25, -0.2) is 0 Å². The van der Waals surface area contributed by atoms with Crippen molar-refractivity contribution < 1.29 is 109 Å². The predicted molar refractivity (Wildman–Crippen MR) is 178 cm³/mol. The van der Waals surface area contributed by atoms with Crippen molar-refractivity contribution in [1.29, 1.82) is 0 Å². The molecule has 0 aliphatic rings. The molecule has 0 bridgehead atoms. The maximum Gasteiger partial charge on any atom is 2.00 e. The van der Waals surface area contributed by atoms with Crippen molar-refractivity contribution in [2.24, 2.45) is 9.98 Å². The summed E-state index contributed by atoms with van der Waals surface area (Å²) in [5.74, 6) is 0.400. The number of hydrogen-bond donors (Lipinski definition) is 0. The van der Waals surface area contributed by atoms with Crippen molar-refractivity contribution in [2.45, 2.75) is 54.4 Å². The zero-order chi connectivity index (χ0) is 29.8. The number of pyridine rings is 2. The molecule has 5 rings (SSSR count). The van der Waals surface area contributed by atoms with E-state index in [1.807, 2.05) is 48.8 Å². The van der Waals surface area contributed by atoms with Gasteiger partial charge in [-0.1, -0.05) is 38.1 Å². The maximum absolute atomic E-state index is 4.80. The third kappa shape index (κ3) is 11.8. The van der Waals surface area contributed by atoms with Crippen molar-refractivity contribution >= 4 is 23.8 Å². The summed E-state index contributed by atoms with van der Waals surface area (Å²) < 4.78 is 0. The number of aryl methyl sites for hydroxylation is 4. The van der Waals surface area contributed by atoms with Crippen LogP contribution in [-0.2, 0) is 40.8 Å². The number of halogens is 4. The van der Waals surface area contributed by atoms with Crippen LogP contribution < -0.4 is 67.9 Å². The van der Waals surface area contributed by atoms with Crippen molar-refractivity contribution in [3.63, 3.8) is 0 Å². The molecule has 3 aromatic carbocycles. The summed E-state index contributed by atoms with van der Waals surface area (Å²) in [5, 5.41) is 0. The molecule has 0 fully saturated rings. The first-order valence-electron chi connectivity index (χ1n) is 14.5. The summed E-state index contributed by atoms with van der Waals surface area (Å²) in [4.78, 5) is 18.4. The average molecular weight is 1080 g/mol. The van der Waals surface area contributed by atoms with Gasteiger partial charge in [-0.15, -0.1) is 0 Å². The molecule has 4 nitrogen and oxygen atoms in total. The summed E-state index contributed by atoms with van der Waals surface area (Å²) in [6, 6.07) is 25.5. The first kappa shape index (κ1) is 48.7. The van der Waals surface area contributed by atoms with E-state index >= 15 is 0 Å². The largest absolute Gasteiger partial charge is 2.00 e. The van der Waals surface area contributed by atoms with Crippen LogP contribution in [0.15, 0.2) is 95.2 Å². The van der Waals surface area contributed by atoms with Gasteiger partial charge in [-0.3, -0.25) is 20.0 Å². The van der Waals surface area contributed by atoms with Gasteiger partial charge < -0.3 is 67.9 Å². The van der Waals surface area contributed by atoms with Gasteiger partial charge in [0.25, 0.3) is 0 Å². The average Bonchev–Trinajstić information content (AvgIpc) is 2.97. The number of aliphatic imine (C=N–C) groups is 2. The molecule has 10 heteroatoms. The third-order valence-electron chi connectivity index (χ3n) is 7.73. The van der Waals surface area contributed by atoms with E-state index in [9.17, 15) is 0 Å². The standard InChI is InChI=1S/C38H38N4.4BrH.2Pd/c1-24(2)30-20-35(31-16-25(3)37(26(4)17-31)41-22-33-12-8-10-14-39-33)29(7)36(21-30)32-18-27(5)38(28(6)19-32)42-23-34-13-9-11-15-40-34;;;;;;/h8-24H,1-7H3;4*1H;;/q;;;;;2*+2/p-4. The van der Waals surface area contributed by atoms with E-state index < -0.39 is 0 Å². The summed E-state index contributed by atoms with van der Waals surface area (Å²) in [6.45, 7) is 15.3. The number of hydrogen-bond acceptors (Lipinski definition) is 4. The second-order valence-corrected chi connectivity index (χ2v) is 11.3. The molecule has 0 unspecified atom stereocenters. The Morgan fingerprint density at radius 1 is 0.542 bits per heavy atom. The van der Waals surface area contributed by atoms with Crippen LogP contribution in [0.4, 0.5) is 11.4 Å². The SMILES string of the molecule is Cc1cc(-c2cc(C(C)C)cc(-c3cc(C)c(N=Cc4ccccn4)c(C)c3)c2C)cc(C)c1N=Cc1ccccn1.[Br-].[Br-].[Br-].[Br-].[Pd+2].[Pd+2]. The van der Waals surface area contributed by atoms with Gasteiger partial charge in [0.1, 0.15) is 0 Å². The fraction of sp³-hybridized carbons (Fsp3) is 0.211. The molecule has 0 atom stereocenters. The minimum atomic E-state index is 0. The molecule has 5 aromatic rings. The summed E-state index contributed by atoms with van der Waals surface area (Å²) in [5.41, 5.74) is 15.8. The van der Waals surface area contributed by atoms with Crippen LogP contribution in [-0.4, -0.2) is 22.4 Å². The Bertz CT molecular complexity index is 1640. The van der Waals surface area contributed by atoms with Crippen molar-refractivity contribution in [3.8, 4) is 22.3 Å². The minimum Gasteiger partial charge on any atom is -1.00 e. The molecule has 0 amide bonds. The van der Waals surface area contributed by atoms with Gasteiger partial charge in [0.2, 0.25) is 0 Å². The van der Waals surface area contributed by atoms with Crippen LogP contribution >= 0.6 is 0 Å². The van der Waals surface area contributed by atoms with Crippen molar-refractivity contribution in [2.75, 3.05) is 0 Å². The Labute approximate surface area is 355 Å². The molecule has 258 valence electrons. The van der Waals surface area contributed by atoms with Gasteiger partial charge in [-0.2, -0.15) is 0 Å². The molecule has 0 saturated carbocycles. The van der Waals surface area contributed by atoms with Crippen LogP contribution in [0.5, 0.6) is 0 Å². The van der Waals surface area contributed by atoms with Crippen LogP contribution in [0, 0.1) is 34.6 Å². The van der Waals surface area contributed by atoms with Crippen molar-refractivity contribution in [3.05, 3.63) is 130 Å². The molecule has 2 heterocycles. The van der Waals surface area contributed by atoms with Gasteiger partial charge in [0, 0.05) is 12.4 Å². The normalized spacial score (nSPS) is 10.2. The number of aromatic nitrogens is 2. The molecular weight excluding hydrogens is 1040 g/mol. The van der Waals surface area contributed by atoms with E-state index in [2.05, 4.69) is 94.8 Å². The molecule has 0 saturated heterocycles. The molecule has 48 heavy (non-hydrogen) atoms. The fourth-order valence-corrected chi connectivity index (χ4v) is 5.47. The first-order valence-corrected chi connectivity index (χ1v) is 14.5. The number of benzene rings is 3. The minimum absolute atomic E-state index is 0. The van der Waals surface area contributed by atoms with E-state index in [0.29, 0.717) is 5.92 Å². The van der Waals surface area contributed by atoms with Crippen molar-refractivity contribution in [1.82, 2.24) is 9.97 Å². The van der Waals surface area contributed by atoms with E-state index in [1.165, 1.54) is 33.4 Å². The summed E-state index contributed by atoms with van der Waals surface area (Å²) in [6.07, 6.45) is 7.26. The molecule has 0 N–H and O–H groups in total. The zero-order valence-electron chi connectivity index (χ0n) is 27.7. The molecule has 0 aliphatic carbocycles. The predicted octanol–water partition coefficient (Wildman–Crippen LogP) is -2.01. The molecular formula is C38H38Br4N4Pd2. The van der Waals surface area contributed by atoms with Crippen LogP contribution in [0.25, 0.3) is 22.3 Å². The molecule has 2 aromatic heterocycles. The molecule has 0 spiro atoms. The maximum atomic E-state index is 4.80. The molecule has 0 radical (unpaired) electrons. The van der Waals surface area contributed by atoms with Gasteiger partial charge in [0.05, 0.1) is 35.2 Å². The summed E-state index contributed by atoms with van der Waals surface area (Å²) >= 11 is 0.